The van der Waals surface area contributed by atoms with Crippen molar-refractivity contribution in [3.63, 3.8) is 0 Å². The van der Waals surface area contributed by atoms with Crippen molar-refractivity contribution in [2.24, 2.45) is 5.92 Å². The number of nitrogens with one attached hydrogen (secondary N) is 1. The molecule has 18 heavy (non-hydrogen) atoms. The molecule has 0 radical (unpaired) electrons. The number of hydrogen-bond donors (Lipinski definition) is 1. The fourth-order valence-corrected chi connectivity index (χ4v) is 3.07. The number of fused-ring (bicyclic) bond motifs is 1. The fraction of sp³-hybridized carbons (Fsp3) is 0.800. The van der Waals surface area contributed by atoms with E-state index in [1.807, 2.05) is 0 Å². The average molecular weight is 247 g/mol. The van der Waals surface area contributed by atoms with Gasteiger partial charge in [-0.15, -0.1) is 0 Å². The summed E-state index contributed by atoms with van der Waals surface area (Å²) in [5, 5.41) is 3.44. The number of hydrogen-bond acceptors (Lipinski definition) is 2. The third-order valence-electron chi connectivity index (χ3n) is 4.32. The summed E-state index contributed by atoms with van der Waals surface area (Å²) >= 11 is 0. The van der Waals surface area contributed by atoms with E-state index < -0.39 is 0 Å². The lowest BCUT2D eigenvalue weighted by molar-refractivity contribution is 0.266. The van der Waals surface area contributed by atoms with Crippen molar-refractivity contribution in [3.05, 3.63) is 17.2 Å². The van der Waals surface area contributed by atoms with E-state index in [1.165, 1.54) is 43.0 Å². The van der Waals surface area contributed by atoms with E-state index in [-0.39, 0.29) is 5.41 Å². The van der Waals surface area contributed by atoms with E-state index in [0.717, 1.165) is 25.4 Å². The molecule has 0 saturated heterocycles. The van der Waals surface area contributed by atoms with Crippen molar-refractivity contribution in [2.75, 3.05) is 6.54 Å². The predicted molar refractivity (Wildman–Crippen MR) is 73.7 cm³/mol. The van der Waals surface area contributed by atoms with Crippen LogP contribution in [0.3, 0.4) is 0 Å². The Hall–Kier alpha value is -0.830. The molecule has 1 aliphatic heterocycles. The molecule has 0 atom stereocenters. The van der Waals surface area contributed by atoms with E-state index in [2.05, 4.69) is 30.7 Å². The molecule has 1 aromatic rings. The van der Waals surface area contributed by atoms with Gasteiger partial charge >= 0.3 is 0 Å². The number of nitrogens with zero attached hydrogens (tertiary/aromatic N) is 2. The van der Waals surface area contributed by atoms with Crippen molar-refractivity contribution < 1.29 is 0 Å². The summed E-state index contributed by atoms with van der Waals surface area (Å²) in [6, 6.07) is 0. The molecule has 1 aromatic heterocycles. The van der Waals surface area contributed by atoms with Crippen LogP contribution in [-0.4, -0.2) is 16.1 Å². The third kappa shape index (κ3) is 2.09. The second-order valence-electron chi connectivity index (χ2n) is 6.91. The van der Waals surface area contributed by atoms with Gasteiger partial charge < -0.3 is 9.88 Å². The Morgan fingerprint density at radius 1 is 1.33 bits per heavy atom. The summed E-state index contributed by atoms with van der Waals surface area (Å²) in [6.07, 6.45) is 5.39. The Kier molecular flexibility index (Phi) is 2.97. The van der Waals surface area contributed by atoms with Crippen LogP contribution < -0.4 is 5.32 Å². The maximum atomic E-state index is 4.93. The van der Waals surface area contributed by atoms with Crippen LogP contribution in [0.1, 0.15) is 57.2 Å². The van der Waals surface area contributed by atoms with E-state index in [4.69, 9.17) is 4.98 Å². The predicted octanol–water partition coefficient (Wildman–Crippen LogP) is 2.63. The summed E-state index contributed by atoms with van der Waals surface area (Å²) in [6.45, 7) is 10.1. The van der Waals surface area contributed by atoms with Gasteiger partial charge in [-0.3, -0.25) is 0 Å². The standard InChI is InChI=1S/C15H25N3/c1-15(2,3)14-17-12-9-16-8-7-13(12)18(14)10-11-5-4-6-11/h11,16H,4-10H2,1-3H3. The minimum Gasteiger partial charge on any atom is -0.331 e. The van der Waals surface area contributed by atoms with Crippen LogP contribution in [0.4, 0.5) is 0 Å². The SMILES string of the molecule is CC(C)(C)c1nc2c(n1CC1CCC1)CCNC2. The molecule has 0 spiro atoms. The lowest BCUT2D eigenvalue weighted by Gasteiger charge is -2.30. The maximum Gasteiger partial charge on any atom is 0.114 e. The van der Waals surface area contributed by atoms with Crippen molar-refractivity contribution in [1.29, 1.82) is 0 Å². The zero-order valence-corrected chi connectivity index (χ0v) is 11.9. The molecule has 0 amide bonds. The van der Waals surface area contributed by atoms with Gasteiger partial charge in [0.15, 0.2) is 0 Å². The second kappa shape index (κ2) is 4.37. The molecule has 3 heteroatoms. The summed E-state index contributed by atoms with van der Waals surface area (Å²) in [4.78, 5) is 4.93. The smallest absolute Gasteiger partial charge is 0.114 e. The molecular weight excluding hydrogens is 222 g/mol. The molecule has 1 aliphatic carbocycles. The number of rotatable bonds is 2. The topological polar surface area (TPSA) is 29.9 Å². The van der Waals surface area contributed by atoms with Crippen LogP contribution in [0.5, 0.6) is 0 Å². The van der Waals surface area contributed by atoms with Crippen LogP contribution in [0.25, 0.3) is 0 Å². The van der Waals surface area contributed by atoms with Gasteiger partial charge in [-0.2, -0.15) is 0 Å². The normalized spacial score (nSPS) is 20.6. The molecule has 1 fully saturated rings. The molecule has 1 N–H and O–H groups in total. The highest BCUT2D eigenvalue weighted by Crippen LogP contribution is 2.32. The zero-order chi connectivity index (χ0) is 12.8. The monoisotopic (exact) mass is 247 g/mol. The first kappa shape index (κ1) is 12.2. The molecule has 0 bridgehead atoms. The number of aromatic nitrogens is 2. The van der Waals surface area contributed by atoms with Gasteiger partial charge in [0.2, 0.25) is 0 Å². The Labute approximate surface area is 110 Å². The van der Waals surface area contributed by atoms with Gasteiger partial charge in [0.1, 0.15) is 5.82 Å². The van der Waals surface area contributed by atoms with Crippen molar-refractivity contribution >= 4 is 0 Å². The zero-order valence-electron chi connectivity index (χ0n) is 11.9. The van der Waals surface area contributed by atoms with Gasteiger partial charge in [0, 0.05) is 37.2 Å². The minimum absolute atomic E-state index is 0.154. The first-order chi connectivity index (χ1) is 8.55. The van der Waals surface area contributed by atoms with Crippen LogP contribution in [0.15, 0.2) is 0 Å². The maximum absolute atomic E-state index is 4.93. The highest BCUT2D eigenvalue weighted by molar-refractivity contribution is 5.23. The summed E-state index contributed by atoms with van der Waals surface area (Å²) < 4.78 is 2.56. The van der Waals surface area contributed by atoms with Gasteiger partial charge in [-0.1, -0.05) is 27.2 Å². The first-order valence-corrected chi connectivity index (χ1v) is 7.35. The minimum atomic E-state index is 0.154. The molecule has 0 aromatic carbocycles. The second-order valence-corrected chi connectivity index (χ2v) is 6.91. The van der Waals surface area contributed by atoms with Gasteiger partial charge in [-0.25, -0.2) is 4.98 Å². The lowest BCUT2D eigenvalue weighted by atomic mass is 9.85. The first-order valence-electron chi connectivity index (χ1n) is 7.35. The molecule has 100 valence electrons. The van der Waals surface area contributed by atoms with Crippen LogP contribution in [0.2, 0.25) is 0 Å². The average Bonchev–Trinajstić information content (AvgIpc) is 2.62. The van der Waals surface area contributed by atoms with Crippen LogP contribution >= 0.6 is 0 Å². The molecule has 1 saturated carbocycles. The fourth-order valence-electron chi connectivity index (χ4n) is 3.07. The third-order valence-corrected chi connectivity index (χ3v) is 4.32. The van der Waals surface area contributed by atoms with Crippen LogP contribution in [-0.2, 0) is 24.9 Å². The van der Waals surface area contributed by atoms with Crippen LogP contribution in [0, 0.1) is 5.92 Å². The Morgan fingerprint density at radius 3 is 2.72 bits per heavy atom. The quantitative estimate of drug-likeness (QED) is 0.870. The molecule has 3 rings (SSSR count). The van der Waals surface area contributed by atoms with Gasteiger partial charge in [0.25, 0.3) is 0 Å². The molecule has 0 unspecified atom stereocenters. The highest BCUT2D eigenvalue weighted by atomic mass is 15.1. The van der Waals surface area contributed by atoms with E-state index in [0.29, 0.717) is 0 Å². The van der Waals surface area contributed by atoms with Gasteiger partial charge in [0.05, 0.1) is 5.69 Å². The lowest BCUT2D eigenvalue weighted by Crippen LogP contribution is -2.28. The Bertz CT molecular complexity index is 435. The van der Waals surface area contributed by atoms with Gasteiger partial charge in [-0.05, 0) is 18.8 Å². The van der Waals surface area contributed by atoms with E-state index in [1.54, 1.807) is 0 Å². The Morgan fingerprint density at radius 2 is 2.11 bits per heavy atom. The van der Waals surface area contributed by atoms with Crippen molar-refractivity contribution in [2.45, 2.75) is 65.0 Å². The summed E-state index contributed by atoms with van der Waals surface area (Å²) in [7, 11) is 0. The largest absolute Gasteiger partial charge is 0.331 e. The van der Waals surface area contributed by atoms with E-state index >= 15 is 0 Å². The Balaban J connectivity index is 1.98. The highest BCUT2D eigenvalue weighted by Gasteiger charge is 2.29. The molecule has 2 aliphatic rings. The summed E-state index contributed by atoms with van der Waals surface area (Å²) in [5.74, 6) is 2.20. The van der Waals surface area contributed by atoms with Crippen molar-refractivity contribution in [3.8, 4) is 0 Å². The molecule has 3 nitrogen and oxygen atoms in total. The molecule has 2 heterocycles. The summed E-state index contributed by atoms with van der Waals surface area (Å²) in [5.41, 5.74) is 2.96. The van der Waals surface area contributed by atoms with E-state index in [9.17, 15) is 0 Å². The number of imidazole rings is 1. The van der Waals surface area contributed by atoms with Crippen molar-refractivity contribution in [1.82, 2.24) is 14.9 Å². The molecular formula is C15H25N3.